The van der Waals surface area contributed by atoms with E-state index in [0.29, 0.717) is 56.0 Å². The highest BCUT2D eigenvalue weighted by molar-refractivity contribution is 6.32. The van der Waals surface area contributed by atoms with Gasteiger partial charge in [0.15, 0.2) is 11.5 Å². The van der Waals surface area contributed by atoms with E-state index in [4.69, 9.17) is 26.1 Å². The standard InChI is InChI=1S/C24H29ClN2O5/c1-13-19(23(30)27-5-7-32-8-6-27)20(14-9-15(25)22(29)18(10-14)31-4)21-16(26-13)11-24(2,3)12-17(21)28/h9-10,20-21,29H,5-8,11-12H2,1-4H3/t20-,21-/m0/s1. The Morgan fingerprint density at radius 3 is 2.59 bits per heavy atom. The minimum Gasteiger partial charge on any atom is -0.503 e. The van der Waals surface area contributed by atoms with Crippen LogP contribution in [-0.4, -0.2) is 60.8 Å². The van der Waals surface area contributed by atoms with Crippen molar-refractivity contribution >= 4 is 29.0 Å². The number of nitrogens with zero attached hydrogens (tertiary/aromatic N) is 2. The second-order valence-corrected chi connectivity index (χ2v) is 9.91. The first-order chi connectivity index (χ1) is 15.1. The third-order valence-corrected chi connectivity index (χ3v) is 6.81. The molecule has 0 spiro atoms. The van der Waals surface area contributed by atoms with E-state index in [1.54, 1.807) is 17.0 Å². The van der Waals surface area contributed by atoms with Gasteiger partial charge in [-0.3, -0.25) is 14.6 Å². The van der Waals surface area contributed by atoms with Gasteiger partial charge in [-0.05, 0) is 36.5 Å². The number of benzene rings is 1. The number of morpholine rings is 1. The molecule has 1 saturated carbocycles. The summed E-state index contributed by atoms with van der Waals surface area (Å²) >= 11 is 6.31. The fourth-order valence-corrected chi connectivity index (χ4v) is 5.32. The van der Waals surface area contributed by atoms with Crippen LogP contribution < -0.4 is 4.74 Å². The third kappa shape index (κ3) is 4.04. The first-order valence-corrected chi connectivity index (χ1v) is 11.2. The normalized spacial score (nSPS) is 25.3. The summed E-state index contributed by atoms with van der Waals surface area (Å²) in [4.78, 5) is 33.6. The molecule has 7 nitrogen and oxygen atoms in total. The molecule has 32 heavy (non-hydrogen) atoms. The molecule has 2 atom stereocenters. The van der Waals surface area contributed by atoms with Crippen molar-refractivity contribution in [1.29, 1.82) is 0 Å². The van der Waals surface area contributed by atoms with Crippen LogP contribution in [0.25, 0.3) is 0 Å². The zero-order chi connectivity index (χ0) is 23.2. The highest BCUT2D eigenvalue weighted by Crippen LogP contribution is 2.49. The number of carbonyl (C=O) groups excluding carboxylic acids is 2. The van der Waals surface area contributed by atoms with Gasteiger partial charge in [0, 0.05) is 42.4 Å². The van der Waals surface area contributed by atoms with Crippen LogP contribution in [0, 0.1) is 11.3 Å². The summed E-state index contributed by atoms with van der Waals surface area (Å²) in [7, 11) is 1.44. The number of hydrogen-bond donors (Lipinski definition) is 1. The number of hydrogen-bond acceptors (Lipinski definition) is 6. The number of carbonyl (C=O) groups is 2. The Balaban J connectivity index is 1.88. The summed E-state index contributed by atoms with van der Waals surface area (Å²) in [5.41, 5.74) is 2.39. The molecule has 4 rings (SSSR count). The van der Waals surface area contributed by atoms with Gasteiger partial charge in [-0.2, -0.15) is 0 Å². The van der Waals surface area contributed by atoms with Crippen LogP contribution in [0.15, 0.2) is 28.4 Å². The monoisotopic (exact) mass is 460 g/mol. The Morgan fingerprint density at radius 2 is 1.94 bits per heavy atom. The number of Topliss-reactive ketones (excluding diaryl/α,β-unsaturated/α-hetero) is 1. The van der Waals surface area contributed by atoms with Crippen LogP contribution in [0.1, 0.15) is 45.1 Å². The van der Waals surface area contributed by atoms with Gasteiger partial charge in [-0.15, -0.1) is 0 Å². The summed E-state index contributed by atoms with van der Waals surface area (Å²) in [5.74, 6) is -1.13. The fourth-order valence-electron chi connectivity index (χ4n) is 5.10. The number of amides is 1. The lowest BCUT2D eigenvalue weighted by molar-refractivity contribution is -0.131. The third-order valence-electron chi connectivity index (χ3n) is 6.52. The van der Waals surface area contributed by atoms with Gasteiger partial charge in [-0.25, -0.2) is 0 Å². The molecule has 1 aromatic carbocycles. The maximum atomic E-state index is 13.7. The first-order valence-electron chi connectivity index (χ1n) is 10.9. The quantitative estimate of drug-likeness (QED) is 0.742. The molecule has 2 heterocycles. The molecule has 0 radical (unpaired) electrons. The predicted molar refractivity (Wildman–Crippen MR) is 121 cm³/mol. The lowest BCUT2D eigenvalue weighted by atomic mass is 9.63. The van der Waals surface area contributed by atoms with Gasteiger partial charge < -0.3 is 19.5 Å². The van der Waals surface area contributed by atoms with Crippen molar-refractivity contribution in [2.75, 3.05) is 33.4 Å². The second kappa shape index (κ2) is 8.52. The number of allylic oxidation sites excluding steroid dienone is 1. The van der Waals surface area contributed by atoms with E-state index in [1.807, 2.05) is 6.92 Å². The zero-order valence-electron chi connectivity index (χ0n) is 18.9. The topological polar surface area (TPSA) is 88.4 Å². The number of methoxy groups -OCH3 is 1. The van der Waals surface area contributed by atoms with Crippen molar-refractivity contribution < 1.29 is 24.2 Å². The number of aliphatic imine (C=N–C) groups is 1. The van der Waals surface area contributed by atoms with Gasteiger partial charge in [0.1, 0.15) is 5.78 Å². The molecule has 1 saturated heterocycles. The lowest BCUT2D eigenvalue weighted by Crippen LogP contribution is -2.47. The summed E-state index contributed by atoms with van der Waals surface area (Å²) in [6.07, 6.45) is 1.09. The second-order valence-electron chi connectivity index (χ2n) is 9.50. The Bertz CT molecular complexity index is 1020. The maximum Gasteiger partial charge on any atom is 0.252 e. The van der Waals surface area contributed by atoms with Crippen molar-refractivity contribution in [2.24, 2.45) is 16.3 Å². The summed E-state index contributed by atoms with van der Waals surface area (Å²) in [5, 5.41) is 10.4. The molecule has 1 aliphatic carbocycles. The zero-order valence-corrected chi connectivity index (χ0v) is 19.7. The molecule has 0 aromatic heterocycles. The van der Waals surface area contributed by atoms with E-state index in [9.17, 15) is 14.7 Å². The van der Waals surface area contributed by atoms with Crippen LogP contribution in [0.3, 0.4) is 0 Å². The highest BCUT2D eigenvalue weighted by atomic mass is 35.5. The molecular weight excluding hydrogens is 432 g/mol. The minimum absolute atomic E-state index is 0.0629. The Morgan fingerprint density at radius 1 is 1.25 bits per heavy atom. The SMILES string of the molecule is COc1cc([C@H]2C(C(=O)N3CCOCC3)=C(C)N=C3CC(C)(C)CC(=O)[C@H]32)cc(Cl)c1O. The van der Waals surface area contributed by atoms with Crippen LogP contribution >= 0.6 is 11.6 Å². The van der Waals surface area contributed by atoms with E-state index >= 15 is 0 Å². The lowest BCUT2D eigenvalue weighted by Gasteiger charge is -2.42. The van der Waals surface area contributed by atoms with Crippen molar-refractivity contribution in [1.82, 2.24) is 4.90 Å². The fraction of sp³-hybridized carbons (Fsp3) is 0.542. The number of fused-ring (bicyclic) bond motifs is 1. The van der Waals surface area contributed by atoms with Gasteiger partial charge in [0.2, 0.25) is 0 Å². The smallest absolute Gasteiger partial charge is 0.252 e. The summed E-state index contributed by atoms with van der Waals surface area (Å²) in [6.45, 7) is 7.89. The molecule has 3 aliphatic rings. The van der Waals surface area contributed by atoms with Gasteiger partial charge >= 0.3 is 0 Å². The average Bonchev–Trinajstić information content (AvgIpc) is 2.74. The summed E-state index contributed by atoms with van der Waals surface area (Å²) < 4.78 is 10.7. The van der Waals surface area contributed by atoms with Crippen LogP contribution in [0.5, 0.6) is 11.5 Å². The van der Waals surface area contributed by atoms with E-state index in [2.05, 4.69) is 13.8 Å². The Hall–Kier alpha value is -2.38. The maximum absolute atomic E-state index is 13.7. The van der Waals surface area contributed by atoms with Crippen molar-refractivity contribution in [3.05, 3.63) is 34.0 Å². The molecule has 1 amide bonds. The van der Waals surface area contributed by atoms with E-state index in [-0.39, 0.29) is 33.6 Å². The molecule has 2 aliphatic heterocycles. The average molecular weight is 461 g/mol. The van der Waals surface area contributed by atoms with Crippen molar-refractivity contribution in [2.45, 2.75) is 39.5 Å². The Labute approximate surface area is 193 Å². The van der Waals surface area contributed by atoms with Gasteiger partial charge in [0.05, 0.1) is 31.3 Å². The number of aromatic hydroxyl groups is 1. The van der Waals surface area contributed by atoms with Crippen LogP contribution in [-0.2, 0) is 14.3 Å². The molecule has 1 aromatic rings. The molecular formula is C24H29ClN2O5. The molecule has 8 heteroatoms. The largest absolute Gasteiger partial charge is 0.503 e. The van der Waals surface area contributed by atoms with E-state index in [1.165, 1.54) is 7.11 Å². The van der Waals surface area contributed by atoms with Crippen molar-refractivity contribution in [3.8, 4) is 11.5 Å². The Kier molecular flexibility index (Phi) is 6.07. The highest BCUT2D eigenvalue weighted by Gasteiger charge is 2.48. The summed E-state index contributed by atoms with van der Waals surface area (Å²) in [6, 6.07) is 3.29. The number of phenols is 1. The van der Waals surface area contributed by atoms with Crippen molar-refractivity contribution in [3.63, 3.8) is 0 Å². The number of phenolic OH excluding ortho intramolecular Hbond substituents is 1. The molecule has 0 bridgehead atoms. The molecule has 172 valence electrons. The van der Waals surface area contributed by atoms with Crippen LogP contribution in [0.2, 0.25) is 5.02 Å². The molecule has 2 fully saturated rings. The van der Waals surface area contributed by atoms with E-state index in [0.717, 1.165) is 5.71 Å². The number of halogens is 1. The predicted octanol–water partition coefficient (Wildman–Crippen LogP) is 3.73. The number of ketones is 1. The van der Waals surface area contributed by atoms with Gasteiger partial charge in [-0.1, -0.05) is 25.4 Å². The first kappa shape index (κ1) is 22.8. The molecule has 1 N–H and O–H groups in total. The minimum atomic E-state index is -0.548. The number of ether oxygens (including phenoxy) is 2. The van der Waals surface area contributed by atoms with Crippen LogP contribution in [0.4, 0.5) is 0 Å². The van der Waals surface area contributed by atoms with Gasteiger partial charge in [0.25, 0.3) is 5.91 Å². The number of rotatable bonds is 3. The van der Waals surface area contributed by atoms with E-state index < -0.39 is 11.8 Å². The molecule has 0 unspecified atom stereocenters.